The molecule has 1 amide bonds. The quantitative estimate of drug-likeness (QED) is 0.776. The van der Waals surface area contributed by atoms with Gasteiger partial charge in [-0.25, -0.2) is 0 Å². The first-order valence-electron chi connectivity index (χ1n) is 5.98. The number of anilines is 1. The number of carbonyl (C=O) groups excluding carboxylic acids is 1. The van der Waals surface area contributed by atoms with Crippen LogP contribution < -0.4 is 4.90 Å². The van der Waals surface area contributed by atoms with Crippen LogP contribution in [-0.2, 0) is 16.6 Å². The molecule has 5 heteroatoms. The third-order valence-corrected chi connectivity index (χ3v) is 3.30. The predicted octanol–water partition coefficient (Wildman–Crippen LogP) is 1.20. The summed E-state index contributed by atoms with van der Waals surface area (Å²) in [5.41, 5.74) is 0. The van der Waals surface area contributed by atoms with Gasteiger partial charge < -0.3 is 4.74 Å². The molecule has 2 unspecified atom stereocenters. The monoisotopic (exact) mass is 237 g/mol. The highest BCUT2D eigenvalue weighted by atomic mass is 16.5. The smallest absolute Gasteiger partial charge is 0.233 e. The van der Waals surface area contributed by atoms with Crippen LogP contribution >= 0.6 is 0 Å². The maximum atomic E-state index is 12.3. The molecular formula is C12H19N3O2. The zero-order chi connectivity index (χ0) is 12.4. The summed E-state index contributed by atoms with van der Waals surface area (Å²) in [6, 6.07) is 1.84. The number of nitrogens with zero attached hydrogens (tertiary/aromatic N) is 3. The van der Waals surface area contributed by atoms with Gasteiger partial charge in [-0.1, -0.05) is 0 Å². The van der Waals surface area contributed by atoms with Crippen molar-refractivity contribution in [2.24, 2.45) is 13.0 Å². The van der Waals surface area contributed by atoms with E-state index in [1.807, 2.05) is 26.2 Å². The number of hydrogen-bond acceptors (Lipinski definition) is 3. The van der Waals surface area contributed by atoms with Crippen molar-refractivity contribution < 1.29 is 9.53 Å². The SMILES string of the molecule is CC1OCCCC1C(=O)N(C)c1ccn(C)n1. The molecule has 2 heterocycles. The lowest BCUT2D eigenvalue weighted by Gasteiger charge is -2.30. The molecule has 0 aliphatic carbocycles. The van der Waals surface area contributed by atoms with E-state index >= 15 is 0 Å². The van der Waals surface area contributed by atoms with E-state index in [1.54, 1.807) is 16.6 Å². The Kier molecular flexibility index (Phi) is 3.47. The third kappa shape index (κ3) is 2.49. The van der Waals surface area contributed by atoms with E-state index in [2.05, 4.69) is 5.10 Å². The Balaban J connectivity index is 2.08. The summed E-state index contributed by atoms with van der Waals surface area (Å²) in [6.07, 6.45) is 3.69. The Bertz CT molecular complexity index is 402. The van der Waals surface area contributed by atoms with Crippen molar-refractivity contribution in [3.8, 4) is 0 Å². The van der Waals surface area contributed by atoms with Crippen LogP contribution in [0.1, 0.15) is 19.8 Å². The van der Waals surface area contributed by atoms with E-state index in [0.29, 0.717) is 5.82 Å². The number of hydrogen-bond donors (Lipinski definition) is 0. The van der Waals surface area contributed by atoms with Crippen molar-refractivity contribution in [2.75, 3.05) is 18.6 Å². The van der Waals surface area contributed by atoms with Gasteiger partial charge in [0.2, 0.25) is 5.91 Å². The lowest BCUT2D eigenvalue weighted by atomic mass is 9.94. The zero-order valence-corrected chi connectivity index (χ0v) is 10.6. The number of amides is 1. The van der Waals surface area contributed by atoms with Crippen molar-refractivity contribution in [3.63, 3.8) is 0 Å². The molecule has 94 valence electrons. The number of carbonyl (C=O) groups is 1. The van der Waals surface area contributed by atoms with Gasteiger partial charge >= 0.3 is 0 Å². The Labute approximate surface area is 101 Å². The van der Waals surface area contributed by atoms with Gasteiger partial charge in [-0.3, -0.25) is 14.4 Å². The van der Waals surface area contributed by atoms with Crippen LogP contribution in [0.3, 0.4) is 0 Å². The average molecular weight is 237 g/mol. The molecule has 0 radical (unpaired) electrons. The van der Waals surface area contributed by atoms with Gasteiger partial charge in [0.1, 0.15) is 0 Å². The largest absolute Gasteiger partial charge is 0.378 e. The zero-order valence-electron chi connectivity index (χ0n) is 10.6. The van der Waals surface area contributed by atoms with Crippen molar-refractivity contribution in [1.82, 2.24) is 9.78 Å². The normalized spacial score (nSPS) is 24.6. The number of aryl methyl sites for hydroxylation is 1. The number of rotatable bonds is 2. The van der Waals surface area contributed by atoms with Crippen molar-refractivity contribution in [1.29, 1.82) is 0 Å². The molecule has 1 saturated heterocycles. The molecule has 1 aliphatic heterocycles. The Morgan fingerprint density at radius 1 is 1.65 bits per heavy atom. The maximum Gasteiger partial charge on any atom is 0.233 e. The Morgan fingerprint density at radius 2 is 2.41 bits per heavy atom. The lowest BCUT2D eigenvalue weighted by molar-refractivity contribution is -0.130. The first-order chi connectivity index (χ1) is 8.09. The lowest BCUT2D eigenvalue weighted by Crippen LogP contribution is -2.41. The molecule has 0 N–H and O–H groups in total. The molecule has 2 rings (SSSR count). The highest BCUT2D eigenvalue weighted by Gasteiger charge is 2.31. The summed E-state index contributed by atoms with van der Waals surface area (Å²) < 4.78 is 7.22. The first-order valence-corrected chi connectivity index (χ1v) is 5.98. The molecule has 17 heavy (non-hydrogen) atoms. The summed E-state index contributed by atoms with van der Waals surface area (Å²) in [5, 5.41) is 4.23. The molecule has 0 spiro atoms. The highest BCUT2D eigenvalue weighted by Crippen LogP contribution is 2.24. The molecule has 5 nitrogen and oxygen atoms in total. The molecule has 0 saturated carbocycles. The topological polar surface area (TPSA) is 47.4 Å². The standard InChI is InChI=1S/C12H19N3O2/c1-9-10(5-4-8-17-9)12(16)15(3)11-6-7-14(2)13-11/h6-7,9-10H,4-5,8H2,1-3H3. The van der Waals surface area contributed by atoms with Crippen LogP contribution in [0.5, 0.6) is 0 Å². The van der Waals surface area contributed by atoms with Crippen molar-refractivity contribution >= 4 is 11.7 Å². The molecule has 0 aromatic carbocycles. The van der Waals surface area contributed by atoms with Crippen molar-refractivity contribution in [3.05, 3.63) is 12.3 Å². The highest BCUT2D eigenvalue weighted by molar-refractivity contribution is 5.94. The second-order valence-corrected chi connectivity index (χ2v) is 4.57. The van der Waals surface area contributed by atoms with Gasteiger partial charge in [0.15, 0.2) is 5.82 Å². The Morgan fingerprint density at radius 3 is 3.00 bits per heavy atom. The predicted molar refractivity (Wildman–Crippen MR) is 64.8 cm³/mol. The first kappa shape index (κ1) is 12.1. The minimum atomic E-state index is -0.0456. The van der Waals surface area contributed by atoms with Crippen LogP contribution in [0.4, 0.5) is 5.82 Å². The minimum Gasteiger partial charge on any atom is -0.378 e. The van der Waals surface area contributed by atoms with Crippen LogP contribution in [0.2, 0.25) is 0 Å². The van der Waals surface area contributed by atoms with Crippen LogP contribution in [-0.4, -0.2) is 35.4 Å². The minimum absolute atomic E-state index is 0.00223. The second-order valence-electron chi connectivity index (χ2n) is 4.57. The van der Waals surface area contributed by atoms with Gasteiger partial charge in [0.25, 0.3) is 0 Å². The van der Waals surface area contributed by atoms with E-state index in [-0.39, 0.29) is 17.9 Å². The fraction of sp³-hybridized carbons (Fsp3) is 0.667. The average Bonchev–Trinajstić information content (AvgIpc) is 2.75. The van der Waals surface area contributed by atoms with E-state index in [1.165, 1.54) is 0 Å². The van der Waals surface area contributed by atoms with E-state index in [0.717, 1.165) is 19.4 Å². The molecule has 0 bridgehead atoms. The summed E-state index contributed by atoms with van der Waals surface area (Å²) in [5.74, 6) is 0.738. The van der Waals surface area contributed by atoms with Crippen LogP contribution in [0.25, 0.3) is 0 Å². The molecular weight excluding hydrogens is 218 g/mol. The van der Waals surface area contributed by atoms with Gasteiger partial charge in [0, 0.05) is 33.0 Å². The fourth-order valence-corrected chi connectivity index (χ4v) is 2.19. The summed E-state index contributed by atoms with van der Waals surface area (Å²) in [6.45, 7) is 2.73. The van der Waals surface area contributed by atoms with Gasteiger partial charge in [-0.15, -0.1) is 0 Å². The molecule has 1 aromatic heterocycles. The summed E-state index contributed by atoms with van der Waals surface area (Å²) in [4.78, 5) is 13.9. The molecule has 2 atom stereocenters. The molecule has 1 fully saturated rings. The van der Waals surface area contributed by atoms with Gasteiger partial charge in [0.05, 0.1) is 12.0 Å². The second kappa shape index (κ2) is 4.87. The summed E-state index contributed by atoms with van der Waals surface area (Å²) in [7, 11) is 3.61. The number of ether oxygens (including phenoxy) is 1. The van der Waals surface area contributed by atoms with Crippen LogP contribution in [0, 0.1) is 5.92 Å². The van der Waals surface area contributed by atoms with E-state index in [9.17, 15) is 4.79 Å². The van der Waals surface area contributed by atoms with E-state index < -0.39 is 0 Å². The third-order valence-electron chi connectivity index (χ3n) is 3.30. The van der Waals surface area contributed by atoms with Gasteiger partial charge in [-0.2, -0.15) is 5.10 Å². The molecule has 1 aromatic rings. The fourth-order valence-electron chi connectivity index (χ4n) is 2.19. The van der Waals surface area contributed by atoms with Gasteiger partial charge in [-0.05, 0) is 19.8 Å². The molecule has 1 aliphatic rings. The van der Waals surface area contributed by atoms with E-state index in [4.69, 9.17) is 4.74 Å². The number of aromatic nitrogens is 2. The Hall–Kier alpha value is -1.36. The van der Waals surface area contributed by atoms with Crippen LogP contribution in [0.15, 0.2) is 12.3 Å². The maximum absolute atomic E-state index is 12.3. The van der Waals surface area contributed by atoms with Crippen molar-refractivity contribution in [2.45, 2.75) is 25.9 Å². The summed E-state index contributed by atoms with van der Waals surface area (Å²) >= 11 is 0.